The van der Waals surface area contributed by atoms with Crippen LogP contribution < -0.4 is 26.8 Å². The van der Waals surface area contributed by atoms with Crippen molar-refractivity contribution < 1.29 is 34.8 Å². The number of rotatable bonds is 11. The average Bonchev–Trinajstić information content (AvgIpc) is 2.78. The molecule has 2 heterocycles. The maximum absolute atomic E-state index is 12.1. The van der Waals surface area contributed by atoms with E-state index in [2.05, 4.69) is 31.2 Å². The Morgan fingerprint density at radius 3 is 2.21 bits per heavy atom. The molecule has 9 N–H and O–H groups in total. The van der Waals surface area contributed by atoms with Crippen molar-refractivity contribution in [2.45, 2.75) is 63.1 Å². The Hall–Kier alpha value is -2.78. The van der Waals surface area contributed by atoms with Crippen LogP contribution in [-0.2, 0) is 4.74 Å². The summed E-state index contributed by atoms with van der Waals surface area (Å²) in [4.78, 5) is 41.7. The van der Waals surface area contributed by atoms with Crippen LogP contribution in [0, 0.1) is 6.92 Å². The van der Waals surface area contributed by atoms with Gasteiger partial charge in [0.25, 0.3) is 5.56 Å². The number of unbranched alkanes of at least 4 members (excludes halogenated alkanes) is 3. The first kappa shape index (κ1) is 27.5. The highest BCUT2D eigenvalue weighted by atomic mass is 16.5. The minimum atomic E-state index is -1.40. The van der Waals surface area contributed by atoms with Gasteiger partial charge in [-0.25, -0.2) is 9.59 Å². The van der Waals surface area contributed by atoms with Crippen molar-refractivity contribution in [3.8, 4) is 0 Å². The molecule has 0 saturated carbocycles. The van der Waals surface area contributed by atoms with Crippen LogP contribution >= 0.6 is 0 Å². The molecule has 192 valence electrons. The van der Waals surface area contributed by atoms with E-state index in [1.165, 1.54) is 6.07 Å². The molecule has 0 aliphatic carbocycles. The van der Waals surface area contributed by atoms with Gasteiger partial charge in [0.2, 0.25) is 5.95 Å². The number of ether oxygens (including phenoxy) is 1. The molecule has 1 aromatic heterocycles. The lowest BCUT2D eigenvalue weighted by Gasteiger charge is -2.42. The molecule has 2 rings (SSSR count). The summed E-state index contributed by atoms with van der Waals surface area (Å²) in [6.45, 7) is 1.44. The Morgan fingerprint density at radius 2 is 1.62 bits per heavy atom. The molecule has 1 fully saturated rings. The standard InChI is InChI=1S/C20H34N6O8/c1-11-8-14(29)24-18(23-11)26-20(33)22-7-5-3-2-4-6-21-19(32)25-15-12(9-27)34-13(10-28)16(30)17(15)31/h8,12-13,15-17,27-28,30-31H,2-7,9-10H2,1H3,(H2,21,25,32)(H3,22,23,24,26,29,33)/t12?,13-,15+,16?,17-/m1/s1. The number of nitrogens with zero attached hydrogens (tertiary/aromatic N) is 1. The van der Waals surface area contributed by atoms with Gasteiger partial charge in [0, 0.05) is 24.8 Å². The third-order valence-corrected chi connectivity index (χ3v) is 5.29. The van der Waals surface area contributed by atoms with Crippen molar-refractivity contribution in [3.63, 3.8) is 0 Å². The predicted molar refractivity (Wildman–Crippen MR) is 120 cm³/mol. The van der Waals surface area contributed by atoms with Gasteiger partial charge in [-0.1, -0.05) is 12.8 Å². The number of hydrogen-bond acceptors (Lipinski definition) is 9. The van der Waals surface area contributed by atoms with Crippen molar-refractivity contribution in [1.29, 1.82) is 0 Å². The van der Waals surface area contributed by atoms with E-state index in [1.54, 1.807) is 6.92 Å². The number of aromatic amines is 1. The Bertz CT molecular complexity index is 851. The number of hydrogen-bond donors (Lipinski definition) is 9. The lowest BCUT2D eigenvalue weighted by molar-refractivity contribution is -0.200. The fraction of sp³-hybridized carbons (Fsp3) is 0.700. The molecule has 4 amide bonds. The Kier molecular flexibility index (Phi) is 11.2. The monoisotopic (exact) mass is 486 g/mol. The van der Waals surface area contributed by atoms with E-state index in [4.69, 9.17) is 4.74 Å². The van der Waals surface area contributed by atoms with Crippen LogP contribution in [-0.4, -0.2) is 99.2 Å². The van der Waals surface area contributed by atoms with Gasteiger partial charge >= 0.3 is 12.1 Å². The van der Waals surface area contributed by atoms with Crippen molar-refractivity contribution in [3.05, 3.63) is 22.1 Å². The first-order valence-corrected chi connectivity index (χ1v) is 11.2. The topological polar surface area (TPSA) is 218 Å². The van der Waals surface area contributed by atoms with Gasteiger partial charge in [0.15, 0.2) is 0 Å². The molecule has 2 unspecified atom stereocenters. The summed E-state index contributed by atoms with van der Waals surface area (Å²) in [5.41, 5.74) is 0.139. The second kappa shape index (κ2) is 13.8. The summed E-state index contributed by atoms with van der Waals surface area (Å²) in [7, 11) is 0. The van der Waals surface area contributed by atoms with E-state index < -0.39 is 61.3 Å². The summed E-state index contributed by atoms with van der Waals surface area (Å²) >= 11 is 0. The molecular weight excluding hydrogens is 452 g/mol. The van der Waals surface area contributed by atoms with Gasteiger partial charge < -0.3 is 46.1 Å². The van der Waals surface area contributed by atoms with Crippen molar-refractivity contribution in [1.82, 2.24) is 25.9 Å². The average molecular weight is 487 g/mol. The first-order valence-electron chi connectivity index (χ1n) is 11.2. The number of carbonyl (C=O) groups is 2. The molecule has 1 aliphatic heterocycles. The van der Waals surface area contributed by atoms with E-state index in [0.29, 0.717) is 31.6 Å². The van der Waals surface area contributed by atoms with Crippen molar-refractivity contribution in [2.24, 2.45) is 0 Å². The Labute approximate surface area is 196 Å². The number of carbonyl (C=O) groups excluding carboxylic acids is 2. The quantitative estimate of drug-likeness (QED) is 0.156. The molecule has 0 radical (unpaired) electrons. The number of H-pyrrole nitrogens is 1. The third-order valence-electron chi connectivity index (χ3n) is 5.29. The number of anilines is 1. The van der Waals surface area contributed by atoms with E-state index in [0.717, 1.165) is 12.8 Å². The molecular formula is C20H34N6O8. The van der Waals surface area contributed by atoms with Crippen LogP contribution in [0.25, 0.3) is 0 Å². The molecule has 0 spiro atoms. The maximum atomic E-state index is 12.1. The lowest BCUT2D eigenvalue weighted by Crippen LogP contribution is -2.65. The van der Waals surface area contributed by atoms with Gasteiger partial charge in [-0.05, 0) is 19.8 Å². The number of nitrogens with one attached hydrogen (secondary N) is 5. The number of aromatic nitrogens is 2. The lowest BCUT2D eigenvalue weighted by atomic mass is 9.93. The van der Waals surface area contributed by atoms with Crippen LogP contribution in [0.5, 0.6) is 0 Å². The minimum absolute atomic E-state index is 0.0761. The molecule has 0 bridgehead atoms. The van der Waals surface area contributed by atoms with Crippen LogP contribution in [0.2, 0.25) is 0 Å². The van der Waals surface area contributed by atoms with Crippen LogP contribution in [0.3, 0.4) is 0 Å². The Balaban J connectivity index is 1.56. The van der Waals surface area contributed by atoms with Gasteiger partial charge in [-0.3, -0.25) is 10.1 Å². The van der Waals surface area contributed by atoms with Crippen LogP contribution in [0.1, 0.15) is 31.4 Å². The summed E-state index contributed by atoms with van der Waals surface area (Å²) in [6, 6.07) is -0.772. The number of aryl methyl sites for hydroxylation is 1. The second-order valence-electron chi connectivity index (χ2n) is 8.03. The minimum Gasteiger partial charge on any atom is -0.394 e. The summed E-state index contributed by atoms with van der Waals surface area (Å²) in [6.07, 6.45) is -1.82. The normalized spacial score (nSPS) is 24.3. The highest BCUT2D eigenvalue weighted by Crippen LogP contribution is 2.21. The van der Waals surface area contributed by atoms with Crippen LogP contribution in [0.15, 0.2) is 10.9 Å². The van der Waals surface area contributed by atoms with Gasteiger partial charge in [-0.15, -0.1) is 0 Å². The van der Waals surface area contributed by atoms with E-state index >= 15 is 0 Å². The maximum Gasteiger partial charge on any atom is 0.321 e. The molecule has 5 atom stereocenters. The number of amides is 4. The highest BCUT2D eigenvalue weighted by Gasteiger charge is 2.44. The fourth-order valence-electron chi connectivity index (χ4n) is 3.53. The number of aliphatic hydroxyl groups is 4. The van der Waals surface area contributed by atoms with Crippen LogP contribution in [0.4, 0.5) is 15.5 Å². The SMILES string of the molecule is Cc1cc(=O)nc(NC(=O)NCCCCCCNC(=O)N[C@H]2C(CO)O[C@H](CO)C(O)[C@@H]2O)[nH]1. The molecule has 14 heteroatoms. The zero-order chi connectivity index (χ0) is 25.1. The fourth-order valence-corrected chi connectivity index (χ4v) is 3.53. The molecule has 1 saturated heterocycles. The molecule has 14 nitrogen and oxygen atoms in total. The largest absolute Gasteiger partial charge is 0.394 e. The van der Waals surface area contributed by atoms with Gasteiger partial charge in [-0.2, -0.15) is 4.98 Å². The zero-order valence-corrected chi connectivity index (χ0v) is 19.0. The molecule has 1 aliphatic rings. The van der Waals surface area contributed by atoms with Gasteiger partial charge in [0.05, 0.1) is 19.3 Å². The first-order chi connectivity index (χ1) is 16.2. The zero-order valence-electron chi connectivity index (χ0n) is 19.0. The van der Waals surface area contributed by atoms with Crippen molar-refractivity contribution in [2.75, 3.05) is 31.6 Å². The Morgan fingerprint density at radius 1 is 1.00 bits per heavy atom. The van der Waals surface area contributed by atoms with E-state index in [1.807, 2.05) is 0 Å². The molecule has 0 aromatic carbocycles. The number of aliphatic hydroxyl groups excluding tert-OH is 4. The predicted octanol–water partition coefficient (Wildman–Crippen LogP) is -2.10. The summed E-state index contributed by atoms with van der Waals surface area (Å²) < 4.78 is 5.32. The highest BCUT2D eigenvalue weighted by molar-refractivity contribution is 5.87. The number of urea groups is 2. The second-order valence-corrected chi connectivity index (χ2v) is 8.03. The molecule has 34 heavy (non-hydrogen) atoms. The smallest absolute Gasteiger partial charge is 0.321 e. The van der Waals surface area contributed by atoms with E-state index in [-0.39, 0.29) is 5.95 Å². The third kappa shape index (κ3) is 8.53. The van der Waals surface area contributed by atoms with E-state index in [9.17, 15) is 34.8 Å². The van der Waals surface area contributed by atoms with Gasteiger partial charge in [0.1, 0.15) is 24.4 Å². The summed E-state index contributed by atoms with van der Waals surface area (Å²) in [5, 5.41) is 49.0. The molecule has 1 aromatic rings. The van der Waals surface area contributed by atoms with Crippen molar-refractivity contribution >= 4 is 18.0 Å². The summed E-state index contributed by atoms with van der Waals surface area (Å²) in [5.74, 6) is 0.0761.